The smallest absolute Gasteiger partial charge is 0.410 e. The second-order valence-electron chi connectivity index (χ2n) is 8.19. The number of nitrogens with zero attached hydrogens (tertiary/aromatic N) is 4. The lowest BCUT2D eigenvalue weighted by Crippen LogP contribution is -2.48. The Labute approximate surface area is 184 Å². The number of ether oxygens (including phenoxy) is 1. The molecule has 3 heterocycles. The summed E-state index contributed by atoms with van der Waals surface area (Å²) in [6.07, 6.45) is 3.65. The van der Waals surface area contributed by atoms with Gasteiger partial charge in [0.15, 0.2) is 0 Å². The van der Waals surface area contributed by atoms with Crippen molar-refractivity contribution in [1.82, 2.24) is 14.9 Å². The first-order valence-electron chi connectivity index (χ1n) is 10.1. The SMILES string of the molecule is CC(C)(C)OC(=O)N1CCCC1C(=O)N(c1ncco1)c1scnc1-c1ccccc1. The summed E-state index contributed by atoms with van der Waals surface area (Å²) in [5.74, 6) is -0.299. The van der Waals surface area contributed by atoms with Crippen molar-refractivity contribution in [3.63, 3.8) is 0 Å². The van der Waals surface area contributed by atoms with E-state index in [2.05, 4.69) is 9.97 Å². The van der Waals surface area contributed by atoms with Gasteiger partial charge in [-0.2, -0.15) is 0 Å². The zero-order chi connectivity index (χ0) is 22.0. The number of aromatic nitrogens is 2. The zero-order valence-electron chi connectivity index (χ0n) is 17.6. The largest absolute Gasteiger partial charge is 0.444 e. The maximum Gasteiger partial charge on any atom is 0.410 e. The maximum atomic E-state index is 13.8. The molecule has 2 aromatic heterocycles. The quantitative estimate of drug-likeness (QED) is 0.575. The minimum Gasteiger partial charge on any atom is -0.444 e. The van der Waals surface area contributed by atoms with Crippen molar-refractivity contribution in [2.24, 2.45) is 0 Å². The molecule has 0 radical (unpaired) electrons. The summed E-state index contributed by atoms with van der Waals surface area (Å²) in [7, 11) is 0. The summed E-state index contributed by atoms with van der Waals surface area (Å²) in [6, 6.07) is 9.08. The fourth-order valence-electron chi connectivity index (χ4n) is 3.51. The van der Waals surface area contributed by atoms with E-state index in [-0.39, 0.29) is 11.9 Å². The summed E-state index contributed by atoms with van der Waals surface area (Å²) in [5, 5.41) is 0.592. The molecule has 1 atom stereocenters. The molecule has 31 heavy (non-hydrogen) atoms. The summed E-state index contributed by atoms with van der Waals surface area (Å²) >= 11 is 1.32. The Hall–Kier alpha value is -3.20. The first-order valence-corrected chi connectivity index (χ1v) is 10.9. The van der Waals surface area contributed by atoms with Crippen LogP contribution in [0.4, 0.5) is 15.8 Å². The standard InChI is InChI=1S/C22H24N4O4S/c1-22(2,3)30-21(28)25-12-7-10-16(25)18(27)26(20-23-11-13-29-20)19-17(24-14-31-19)15-8-5-4-6-9-15/h4-6,8-9,11,13-14,16H,7,10,12H2,1-3H3. The summed E-state index contributed by atoms with van der Waals surface area (Å²) < 4.78 is 11.0. The number of carbonyl (C=O) groups excluding carboxylic acids is 2. The van der Waals surface area contributed by atoms with Gasteiger partial charge in [0.1, 0.15) is 28.6 Å². The van der Waals surface area contributed by atoms with Crippen molar-refractivity contribution in [3.8, 4) is 11.3 Å². The Morgan fingerprint density at radius 2 is 2.00 bits per heavy atom. The van der Waals surface area contributed by atoms with Crippen LogP contribution in [0.1, 0.15) is 33.6 Å². The van der Waals surface area contributed by atoms with Gasteiger partial charge in [0.25, 0.3) is 5.91 Å². The number of rotatable bonds is 4. The van der Waals surface area contributed by atoms with Crippen molar-refractivity contribution >= 4 is 34.4 Å². The Morgan fingerprint density at radius 1 is 1.23 bits per heavy atom. The third-order valence-electron chi connectivity index (χ3n) is 4.80. The number of likely N-dealkylation sites (tertiary alicyclic amines) is 1. The highest BCUT2D eigenvalue weighted by molar-refractivity contribution is 7.14. The van der Waals surface area contributed by atoms with Gasteiger partial charge in [-0.05, 0) is 33.6 Å². The first kappa shape index (κ1) is 21.0. The monoisotopic (exact) mass is 440 g/mol. The fraction of sp³-hybridized carbons (Fsp3) is 0.364. The van der Waals surface area contributed by atoms with Crippen LogP contribution in [0, 0.1) is 0 Å². The second-order valence-corrected chi connectivity index (χ2v) is 9.03. The van der Waals surface area contributed by atoms with Crippen molar-refractivity contribution in [3.05, 3.63) is 48.3 Å². The minimum absolute atomic E-state index is 0.141. The van der Waals surface area contributed by atoms with Crippen LogP contribution < -0.4 is 4.90 Å². The van der Waals surface area contributed by atoms with E-state index in [1.807, 2.05) is 30.3 Å². The van der Waals surface area contributed by atoms with Gasteiger partial charge in [-0.15, -0.1) is 11.3 Å². The molecule has 162 valence electrons. The van der Waals surface area contributed by atoms with E-state index >= 15 is 0 Å². The highest BCUT2D eigenvalue weighted by atomic mass is 32.1. The number of amides is 2. The third kappa shape index (κ3) is 4.46. The predicted octanol–water partition coefficient (Wildman–Crippen LogP) is 4.86. The molecule has 1 unspecified atom stereocenters. The molecular formula is C22H24N4O4S. The predicted molar refractivity (Wildman–Crippen MR) is 117 cm³/mol. The lowest BCUT2D eigenvalue weighted by atomic mass is 10.1. The molecule has 0 aliphatic carbocycles. The average molecular weight is 441 g/mol. The molecule has 0 N–H and O–H groups in total. The molecule has 3 aromatic rings. The number of thiazole rings is 1. The first-order chi connectivity index (χ1) is 14.8. The average Bonchev–Trinajstić information content (AvgIpc) is 3.49. The zero-order valence-corrected chi connectivity index (χ0v) is 18.5. The van der Waals surface area contributed by atoms with E-state index < -0.39 is 17.7 Å². The second kappa shape index (κ2) is 8.50. The number of benzene rings is 1. The van der Waals surface area contributed by atoms with E-state index in [1.54, 1.807) is 26.3 Å². The van der Waals surface area contributed by atoms with Gasteiger partial charge in [-0.3, -0.25) is 9.69 Å². The minimum atomic E-state index is -0.674. The van der Waals surface area contributed by atoms with Crippen molar-refractivity contribution in [1.29, 1.82) is 0 Å². The number of anilines is 2. The molecule has 0 saturated carbocycles. The van der Waals surface area contributed by atoms with Gasteiger partial charge < -0.3 is 9.15 Å². The molecule has 4 rings (SSSR count). The van der Waals surface area contributed by atoms with E-state index in [4.69, 9.17) is 9.15 Å². The van der Waals surface area contributed by atoms with Crippen LogP contribution in [-0.2, 0) is 9.53 Å². The lowest BCUT2D eigenvalue weighted by Gasteiger charge is -2.30. The van der Waals surface area contributed by atoms with Gasteiger partial charge in [0.2, 0.25) is 0 Å². The van der Waals surface area contributed by atoms with Crippen molar-refractivity contribution in [2.75, 3.05) is 11.4 Å². The van der Waals surface area contributed by atoms with Gasteiger partial charge in [-0.25, -0.2) is 19.7 Å². The Bertz CT molecular complexity index is 1040. The van der Waals surface area contributed by atoms with Crippen LogP contribution in [0.25, 0.3) is 11.3 Å². The Morgan fingerprint density at radius 3 is 2.68 bits per heavy atom. The highest BCUT2D eigenvalue weighted by Gasteiger charge is 2.41. The molecule has 9 heteroatoms. The molecule has 1 aromatic carbocycles. The maximum absolute atomic E-state index is 13.8. The van der Waals surface area contributed by atoms with Gasteiger partial charge >= 0.3 is 12.1 Å². The molecule has 1 saturated heterocycles. The Kier molecular flexibility index (Phi) is 5.77. The molecule has 2 amide bonds. The number of oxazole rings is 1. The lowest BCUT2D eigenvalue weighted by molar-refractivity contribution is -0.122. The molecule has 1 aliphatic heterocycles. The van der Waals surface area contributed by atoms with Crippen LogP contribution in [0.15, 0.2) is 52.7 Å². The van der Waals surface area contributed by atoms with Gasteiger partial charge in [0, 0.05) is 12.1 Å². The molecule has 1 aliphatic rings. The number of carbonyl (C=O) groups is 2. The summed E-state index contributed by atoms with van der Waals surface area (Å²) in [6.45, 7) is 5.87. The van der Waals surface area contributed by atoms with Crippen LogP contribution in [0.5, 0.6) is 0 Å². The van der Waals surface area contributed by atoms with Crippen molar-refractivity contribution < 1.29 is 18.7 Å². The molecular weight excluding hydrogens is 416 g/mol. The van der Waals surface area contributed by atoms with Crippen molar-refractivity contribution in [2.45, 2.75) is 45.3 Å². The van der Waals surface area contributed by atoms with Crippen LogP contribution >= 0.6 is 11.3 Å². The molecule has 0 bridgehead atoms. The highest BCUT2D eigenvalue weighted by Crippen LogP contribution is 2.39. The third-order valence-corrected chi connectivity index (χ3v) is 5.61. The summed E-state index contributed by atoms with van der Waals surface area (Å²) in [4.78, 5) is 38.1. The van der Waals surface area contributed by atoms with Gasteiger partial charge in [0.05, 0.1) is 11.7 Å². The van der Waals surface area contributed by atoms with E-state index in [0.717, 1.165) is 5.56 Å². The van der Waals surface area contributed by atoms with Crippen LogP contribution in [-0.4, -0.2) is 45.1 Å². The number of hydrogen-bond donors (Lipinski definition) is 0. The van der Waals surface area contributed by atoms with E-state index in [1.165, 1.54) is 33.6 Å². The summed E-state index contributed by atoms with van der Waals surface area (Å²) in [5.41, 5.74) is 2.56. The Balaban J connectivity index is 1.70. The van der Waals surface area contributed by atoms with Crippen LogP contribution in [0.3, 0.4) is 0 Å². The van der Waals surface area contributed by atoms with E-state index in [0.29, 0.717) is 30.1 Å². The molecule has 8 nitrogen and oxygen atoms in total. The van der Waals surface area contributed by atoms with E-state index in [9.17, 15) is 9.59 Å². The normalized spacial score (nSPS) is 16.4. The molecule has 1 fully saturated rings. The van der Waals surface area contributed by atoms with Gasteiger partial charge in [-0.1, -0.05) is 30.3 Å². The molecule has 0 spiro atoms. The van der Waals surface area contributed by atoms with Crippen LogP contribution in [0.2, 0.25) is 0 Å². The topological polar surface area (TPSA) is 88.8 Å². The number of hydrogen-bond acceptors (Lipinski definition) is 7. The fourth-order valence-corrected chi connectivity index (χ4v) is 4.33.